The van der Waals surface area contributed by atoms with Crippen molar-refractivity contribution in [1.29, 1.82) is 0 Å². The molecular weight excluding hydrogens is 665 g/mol. The Morgan fingerprint density at radius 2 is 0.759 bits per heavy atom. The van der Waals surface area contributed by atoms with Gasteiger partial charge in [0.15, 0.2) is 0 Å². The van der Waals surface area contributed by atoms with Gasteiger partial charge in [-0.3, -0.25) is 0 Å². The number of rotatable bonds is 16. The highest BCUT2D eigenvalue weighted by atomic mass is 16.3. The first-order chi connectivity index (χ1) is 26.3. The van der Waals surface area contributed by atoms with Crippen molar-refractivity contribution >= 4 is 65.8 Å². The minimum Gasteiger partial charge on any atom is -0.851 e. The van der Waals surface area contributed by atoms with Crippen molar-refractivity contribution in [3.05, 3.63) is 96.1 Å². The molecule has 0 bridgehead atoms. The molecule has 0 atom stereocenters. The van der Waals surface area contributed by atoms with E-state index in [1.54, 1.807) is 0 Å². The van der Waals surface area contributed by atoms with Crippen LogP contribution in [0.1, 0.15) is 102 Å². The maximum atomic E-state index is 14.8. The predicted molar refractivity (Wildman–Crippen MR) is 229 cm³/mol. The Labute approximate surface area is 321 Å². The third-order valence-corrected chi connectivity index (χ3v) is 12.0. The van der Waals surface area contributed by atoms with Crippen LogP contribution in [-0.4, -0.2) is 38.4 Å². The molecule has 6 heteroatoms. The molecule has 1 saturated carbocycles. The standard InChI is InChI=1S/C48H58N4O2/c1-5-9-21-51(22-10-6-2)41-29-39(49)43(37-27-33-19-15-13-17-31(33)25-35(37)41)45-47(53)46(48(45)54)44-38-28-34-20-16-14-18-32(34)26-36(38)42(30-40(44)50)52(23-11-7-3)24-12-8-4/h13-20,25-30,45-48H,5-12,21-24,49-50H2,1-4H3/q-2. The molecule has 0 aromatic heterocycles. The molecule has 0 aliphatic heterocycles. The van der Waals surface area contributed by atoms with Gasteiger partial charge in [0.1, 0.15) is 0 Å². The van der Waals surface area contributed by atoms with Gasteiger partial charge in [0, 0.05) is 59.7 Å². The number of nitrogen functional groups attached to an aromatic ring is 2. The zero-order valence-electron chi connectivity index (χ0n) is 32.7. The second kappa shape index (κ2) is 16.5. The zero-order chi connectivity index (χ0) is 37.9. The summed E-state index contributed by atoms with van der Waals surface area (Å²) in [6.07, 6.45) is 6.32. The Morgan fingerprint density at radius 1 is 0.463 bits per heavy atom. The minimum atomic E-state index is -1.19. The first-order valence-corrected chi connectivity index (χ1v) is 20.6. The lowest BCUT2D eigenvalue weighted by Gasteiger charge is -2.62. The quantitative estimate of drug-likeness (QED) is 0.0762. The Hall–Kier alpha value is -4.52. The Kier molecular flexibility index (Phi) is 11.5. The number of benzene rings is 6. The number of nitrogens with two attached hydrogens (primary N) is 2. The van der Waals surface area contributed by atoms with Crippen molar-refractivity contribution in [3.63, 3.8) is 0 Å². The van der Waals surface area contributed by atoms with Crippen LogP contribution in [0.5, 0.6) is 0 Å². The van der Waals surface area contributed by atoms with Crippen LogP contribution in [0.4, 0.5) is 22.7 Å². The number of unbranched alkanes of at least 4 members (excludes halogenated alkanes) is 4. The van der Waals surface area contributed by atoms with Gasteiger partial charge >= 0.3 is 0 Å². The fourth-order valence-corrected chi connectivity index (χ4v) is 8.97. The van der Waals surface area contributed by atoms with E-state index < -0.39 is 24.0 Å². The highest BCUT2D eigenvalue weighted by Gasteiger charge is 2.42. The van der Waals surface area contributed by atoms with Crippen LogP contribution in [0.3, 0.4) is 0 Å². The number of hydrogen-bond donors (Lipinski definition) is 2. The molecule has 0 unspecified atom stereocenters. The maximum Gasteiger partial charge on any atom is 0.0466 e. The topological polar surface area (TPSA) is 105 Å². The number of anilines is 4. The molecule has 0 radical (unpaired) electrons. The third-order valence-electron chi connectivity index (χ3n) is 12.0. The van der Waals surface area contributed by atoms with Crippen molar-refractivity contribution in [2.45, 2.75) is 103 Å². The van der Waals surface area contributed by atoms with Gasteiger partial charge in [-0.05, 0) is 117 Å². The molecule has 6 aromatic carbocycles. The molecule has 6 aromatic rings. The Morgan fingerprint density at radius 3 is 1.06 bits per heavy atom. The van der Waals surface area contributed by atoms with Gasteiger partial charge in [-0.1, -0.05) is 102 Å². The SMILES string of the molecule is CCCCN(CCCC)c1cc(N)c(C2C([O-])C(c3c(N)cc(N(CCCC)CCCC)c4cc5ccccc5cc34)C2[O-])c2cc3ccccc3cc12. The largest absolute Gasteiger partial charge is 0.851 e. The van der Waals surface area contributed by atoms with Crippen LogP contribution >= 0.6 is 0 Å². The summed E-state index contributed by atoms with van der Waals surface area (Å²) in [5, 5.41) is 38.1. The summed E-state index contributed by atoms with van der Waals surface area (Å²) in [4.78, 5) is 4.92. The normalized spacial score (nSPS) is 18.5. The number of nitrogens with zero attached hydrogens (tertiary/aromatic N) is 2. The molecule has 0 heterocycles. The van der Waals surface area contributed by atoms with E-state index in [-0.39, 0.29) is 0 Å². The maximum absolute atomic E-state index is 14.8. The zero-order valence-corrected chi connectivity index (χ0v) is 32.7. The monoisotopic (exact) mass is 722 g/mol. The van der Waals surface area contributed by atoms with E-state index in [0.717, 1.165) is 132 Å². The first-order valence-electron chi connectivity index (χ1n) is 20.6. The molecule has 1 aliphatic rings. The summed E-state index contributed by atoms with van der Waals surface area (Å²) >= 11 is 0. The smallest absolute Gasteiger partial charge is 0.0466 e. The molecule has 0 amide bonds. The highest BCUT2D eigenvalue weighted by molar-refractivity contribution is 6.09. The number of fused-ring (bicyclic) bond motifs is 4. The molecule has 6 nitrogen and oxygen atoms in total. The molecule has 0 saturated heterocycles. The molecule has 284 valence electrons. The van der Waals surface area contributed by atoms with Crippen molar-refractivity contribution in [1.82, 2.24) is 0 Å². The van der Waals surface area contributed by atoms with E-state index >= 15 is 0 Å². The Bertz CT molecular complexity index is 2070. The lowest BCUT2D eigenvalue weighted by molar-refractivity contribution is -0.535. The van der Waals surface area contributed by atoms with Gasteiger partial charge in [-0.15, -0.1) is 12.2 Å². The van der Waals surface area contributed by atoms with Crippen LogP contribution < -0.4 is 31.5 Å². The van der Waals surface area contributed by atoms with Crippen molar-refractivity contribution in [3.8, 4) is 0 Å². The highest BCUT2D eigenvalue weighted by Crippen LogP contribution is 2.54. The van der Waals surface area contributed by atoms with E-state index in [0.29, 0.717) is 22.5 Å². The fourth-order valence-electron chi connectivity index (χ4n) is 8.97. The summed E-state index contributed by atoms with van der Waals surface area (Å²) in [7, 11) is 0. The molecule has 7 rings (SSSR count). The van der Waals surface area contributed by atoms with E-state index in [1.165, 1.54) is 0 Å². The fraction of sp³-hybridized carbons (Fsp3) is 0.417. The van der Waals surface area contributed by atoms with E-state index in [2.05, 4.69) is 110 Å². The number of hydrogen-bond acceptors (Lipinski definition) is 6. The third kappa shape index (κ3) is 6.95. The van der Waals surface area contributed by atoms with E-state index in [4.69, 9.17) is 11.5 Å². The lowest BCUT2D eigenvalue weighted by Crippen LogP contribution is -2.64. The van der Waals surface area contributed by atoms with Gasteiger partial charge in [0.25, 0.3) is 0 Å². The molecule has 4 N–H and O–H groups in total. The molecule has 0 spiro atoms. The van der Waals surface area contributed by atoms with Gasteiger partial charge in [0.05, 0.1) is 0 Å². The van der Waals surface area contributed by atoms with Crippen molar-refractivity contribution < 1.29 is 10.2 Å². The van der Waals surface area contributed by atoms with Crippen molar-refractivity contribution in [2.75, 3.05) is 47.4 Å². The summed E-state index contributed by atoms with van der Waals surface area (Å²) < 4.78 is 0. The van der Waals surface area contributed by atoms with Gasteiger partial charge in [-0.25, -0.2) is 0 Å². The van der Waals surface area contributed by atoms with Crippen molar-refractivity contribution in [2.24, 2.45) is 0 Å². The van der Waals surface area contributed by atoms with Gasteiger partial charge in [0.2, 0.25) is 0 Å². The minimum absolute atomic E-state index is 0.539. The van der Waals surface area contributed by atoms with E-state index in [9.17, 15) is 10.2 Å². The molecule has 54 heavy (non-hydrogen) atoms. The van der Waals surface area contributed by atoms with Gasteiger partial charge < -0.3 is 31.5 Å². The summed E-state index contributed by atoms with van der Waals surface area (Å²) in [6.45, 7) is 12.6. The molecule has 1 aliphatic carbocycles. The second-order valence-electron chi connectivity index (χ2n) is 15.7. The second-order valence-corrected chi connectivity index (χ2v) is 15.7. The summed E-state index contributed by atoms with van der Waals surface area (Å²) in [6, 6.07) is 29.6. The summed E-state index contributed by atoms with van der Waals surface area (Å²) in [5.41, 5.74) is 18.7. The predicted octanol–water partition coefficient (Wildman–Crippen LogP) is 9.62. The van der Waals surface area contributed by atoms with Gasteiger partial charge in [-0.2, -0.15) is 0 Å². The Balaban J connectivity index is 1.37. The van der Waals surface area contributed by atoms with Crippen LogP contribution in [0.25, 0.3) is 43.1 Å². The summed E-state index contributed by atoms with van der Waals surface area (Å²) in [5.74, 6) is -1.57. The first kappa shape index (κ1) is 37.8. The van der Waals surface area contributed by atoms with Crippen LogP contribution in [0.2, 0.25) is 0 Å². The molecule has 1 fully saturated rings. The average molecular weight is 723 g/mol. The van der Waals surface area contributed by atoms with Crippen LogP contribution in [0.15, 0.2) is 84.9 Å². The van der Waals surface area contributed by atoms with Crippen LogP contribution in [-0.2, 0) is 0 Å². The van der Waals surface area contributed by atoms with Crippen LogP contribution in [0, 0.1) is 0 Å². The molecular formula is C48H58N4O2-2. The lowest BCUT2D eigenvalue weighted by atomic mass is 9.61. The average Bonchev–Trinajstić information content (AvgIpc) is 3.18. The van der Waals surface area contributed by atoms with E-state index in [1.807, 2.05) is 12.1 Å².